The predicted molar refractivity (Wildman–Crippen MR) is 96.0 cm³/mol. The van der Waals surface area contributed by atoms with Gasteiger partial charge >= 0.3 is 6.18 Å². The standard InChI is InChI=1S/C16H20ClF3N4O3S/c17-13-7-11(16(18,19)20)8-21-15(13)24-4-2-23(3-5-24)9-14(25)22-12-1-6-28(26,27)10-12/h7-8,12H,1-6,9-10H2,(H,22,25)/p+2. The van der Waals surface area contributed by atoms with Crippen LogP contribution in [0, 0.1) is 0 Å². The molecule has 156 valence electrons. The van der Waals surface area contributed by atoms with Gasteiger partial charge in [-0.25, -0.2) is 18.3 Å². The van der Waals surface area contributed by atoms with Crippen LogP contribution in [0.5, 0.6) is 0 Å². The highest BCUT2D eigenvalue weighted by molar-refractivity contribution is 7.91. The van der Waals surface area contributed by atoms with Crippen LogP contribution in [0.2, 0.25) is 5.02 Å². The Labute approximate surface area is 165 Å². The Bertz CT molecular complexity index is 842. The first-order chi connectivity index (χ1) is 13.0. The molecule has 1 amide bonds. The summed E-state index contributed by atoms with van der Waals surface area (Å²) in [5, 5.41) is 2.77. The normalized spacial score (nSPS) is 23.0. The number of nitrogens with one attached hydrogen (secondary N) is 3. The number of carbonyl (C=O) groups is 1. The van der Waals surface area contributed by atoms with Crippen LogP contribution in [0.1, 0.15) is 12.0 Å². The van der Waals surface area contributed by atoms with Crippen molar-refractivity contribution in [1.82, 2.24) is 5.32 Å². The van der Waals surface area contributed by atoms with E-state index in [0.717, 1.165) is 17.2 Å². The van der Waals surface area contributed by atoms with Crippen molar-refractivity contribution in [3.05, 3.63) is 22.8 Å². The lowest BCUT2D eigenvalue weighted by atomic mass is 10.2. The molecule has 2 saturated heterocycles. The summed E-state index contributed by atoms with van der Waals surface area (Å²) in [7, 11) is -3.04. The third kappa shape index (κ3) is 5.26. The maximum Gasteiger partial charge on any atom is 0.419 e. The number of aromatic amines is 1. The van der Waals surface area contributed by atoms with Gasteiger partial charge in [0, 0.05) is 6.04 Å². The number of rotatable bonds is 4. The molecule has 0 radical (unpaired) electrons. The number of alkyl halides is 3. The Balaban J connectivity index is 1.50. The summed E-state index contributed by atoms with van der Waals surface area (Å²) >= 11 is 6.01. The third-order valence-electron chi connectivity index (χ3n) is 5.00. The van der Waals surface area contributed by atoms with Crippen molar-refractivity contribution >= 4 is 33.2 Å². The van der Waals surface area contributed by atoms with Gasteiger partial charge < -0.3 is 10.2 Å². The molecule has 0 spiro atoms. The van der Waals surface area contributed by atoms with Crippen molar-refractivity contribution in [2.24, 2.45) is 0 Å². The molecule has 2 aliphatic rings. The number of aromatic nitrogens is 1. The van der Waals surface area contributed by atoms with Crippen molar-refractivity contribution in [2.45, 2.75) is 18.6 Å². The van der Waals surface area contributed by atoms with E-state index in [1.807, 2.05) is 4.90 Å². The van der Waals surface area contributed by atoms with Crippen LogP contribution in [-0.2, 0) is 20.8 Å². The number of sulfone groups is 1. The van der Waals surface area contributed by atoms with Crippen molar-refractivity contribution < 1.29 is 36.3 Å². The second-order valence-electron chi connectivity index (χ2n) is 7.16. The van der Waals surface area contributed by atoms with Gasteiger partial charge in [0.15, 0.2) is 16.4 Å². The van der Waals surface area contributed by atoms with Crippen LogP contribution in [0.4, 0.5) is 19.0 Å². The number of amides is 1. The average Bonchev–Trinajstić information content (AvgIpc) is 2.93. The quantitative estimate of drug-likeness (QED) is 0.638. The molecule has 3 rings (SSSR count). The molecule has 2 fully saturated rings. The van der Waals surface area contributed by atoms with E-state index in [-0.39, 0.29) is 35.0 Å². The summed E-state index contributed by atoms with van der Waals surface area (Å²) < 4.78 is 61.1. The fourth-order valence-corrected chi connectivity index (χ4v) is 5.47. The number of H-pyrrole nitrogens is 1. The monoisotopic (exact) mass is 442 g/mol. The van der Waals surface area contributed by atoms with Gasteiger partial charge in [-0.05, 0) is 12.5 Å². The van der Waals surface area contributed by atoms with Gasteiger partial charge in [-0.1, -0.05) is 11.6 Å². The maximum absolute atomic E-state index is 12.7. The molecule has 1 aromatic rings. The van der Waals surface area contributed by atoms with E-state index in [2.05, 4.69) is 10.3 Å². The molecule has 28 heavy (non-hydrogen) atoms. The number of anilines is 1. The minimum Gasteiger partial charge on any atom is -0.347 e. The smallest absolute Gasteiger partial charge is 0.347 e. The molecule has 0 saturated carbocycles. The van der Waals surface area contributed by atoms with Gasteiger partial charge in [-0.3, -0.25) is 4.79 Å². The Kier molecular flexibility index (Phi) is 6.06. The first-order valence-electron chi connectivity index (χ1n) is 8.90. The molecule has 1 aromatic heterocycles. The second-order valence-corrected chi connectivity index (χ2v) is 9.80. The molecular weight excluding hydrogens is 421 g/mol. The van der Waals surface area contributed by atoms with Crippen LogP contribution in [-0.4, -0.2) is 64.6 Å². The molecule has 7 nitrogen and oxygen atoms in total. The Morgan fingerprint density at radius 1 is 1.36 bits per heavy atom. The highest BCUT2D eigenvalue weighted by Gasteiger charge is 2.35. The van der Waals surface area contributed by atoms with Gasteiger partial charge in [0.25, 0.3) is 11.7 Å². The number of hydrogen-bond donors (Lipinski definition) is 2. The van der Waals surface area contributed by atoms with Gasteiger partial charge in [-0.15, -0.1) is 0 Å². The average molecular weight is 443 g/mol. The number of pyridine rings is 1. The molecule has 0 aliphatic carbocycles. The number of halogens is 4. The van der Waals surface area contributed by atoms with E-state index in [1.165, 1.54) is 0 Å². The van der Waals surface area contributed by atoms with Crippen molar-refractivity contribution in [3.8, 4) is 0 Å². The topological polar surface area (TPSA) is 85.1 Å². The van der Waals surface area contributed by atoms with E-state index in [4.69, 9.17) is 11.6 Å². The fraction of sp³-hybridized carbons (Fsp3) is 0.625. The highest BCUT2D eigenvalue weighted by Crippen LogP contribution is 2.31. The van der Waals surface area contributed by atoms with Crippen LogP contribution in [0.25, 0.3) is 0 Å². The fourth-order valence-electron chi connectivity index (χ4n) is 3.51. The zero-order valence-electron chi connectivity index (χ0n) is 15.0. The molecular formula is C16H22ClF3N4O3S+2. The largest absolute Gasteiger partial charge is 0.419 e. The predicted octanol–water partition coefficient (Wildman–Crippen LogP) is -0.819. The SMILES string of the molecule is O=C(C[NH+]1CCN(c2[nH+]cc(C(F)(F)F)cc2Cl)CC1)NC1CCS(=O)(=O)C1. The molecule has 1 atom stereocenters. The number of quaternary nitrogens is 1. The Morgan fingerprint density at radius 3 is 2.57 bits per heavy atom. The second kappa shape index (κ2) is 8.03. The lowest BCUT2D eigenvalue weighted by molar-refractivity contribution is -0.892. The zero-order valence-corrected chi connectivity index (χ0v) is 16.6. The lowest BCUT2D eigenvalue weighted by Crippen LogP contribution is -3.16. The Hall–Kier alpha value is -1.59. The third-order valence-corrected chi connectivity index (χ3v) is 7.05. The van der Waals surface area contributed by atoms with Crippen LogP contribution in [0.3, 0.4) is 0 Å². The number of carbonyl (C=O) groups excluding carboxylic acids is 1. The Morgan fingerprint density at radius 2 is 2.04 bits per heavy atom. The van der Waals surface area contributed by atoms with Gasteiger partial charge in [0.2, 0.25) is 0 Å². The zero-order chi connectivity index (χ0) is 20.5. The van der Waals surface area contributed by atoms with Gasteiger partial charge in [0.05, 0.1) is 17.1 Å². The van der Waals surface area contributed by atoms with E-state index < -0.39 is 21.6 Å². The molecule has 1 unspecified atom stereocenters. The van der Waals surface area contributed by atoms with Gasteiger partial charge in [0.1, 0.15) is 37.4 Å². The molecule has 0 bridgehead atoms. The lowest BCUT2D eigenvalue weighted by Gasteiger charge is -2.28. The first kappa shape index (κ1) is 21.1. The first-order valence-corrected chi connectivity index (χ1v) is 11.1. The van der Waals surface area contributed by atoms with E-state index in [9.17, 15) is 26.4 Å². The summed E-state index contributed by atoms with van der Waals surface area (Å²) in [4.78, 5) is 17.6. The van der Waals surface area contributed by atoms with E-state index in [1.54, 1.807) is 0 Å². The molecule has 3 heterocycles. The van der Waals surface area contributed by atoms with E-state index in [0.29, 0.717) is 38.4 Å². The van der Waals surface area contributed by atoms with Crippen LogP contribution < -0.4 is 20.1 Å². The van der Waals surface area contributed by atoms with Crippen molar-refractivity contribution in [1.29, 1.82) is 0 Å². The van der Waals surface area contributed by atoms with Gasteiger partial charge in [-0.2, -0.15) is 13.2 Å². The van der Waals surface area contributed by atoms with Crippen LogP contribution in [0.15, 0.2) is 12.3 Å². The number of hydrogen-bond acceptors (Lipinski definition) is 4. The molecule has 3 N–H and O–H groups in total. The van der Waals surface area contributed by atoms with Crippen molar-refractivity contribution in [3.63, 3.8) is 0 Å². The summed E-state index contributed by atoms with van der Waals surface area (Å²) in [5.41, 5.74) is -0.837. The van der Waals surface area contributed by atoms with E-state index >= 15 is 0 Å². The summed E-state index contributed by atoms with van der Waals surface area (Å²) in [6, 6.07) is 0.578. The number of piperazine rings is 1. The molecule has 2 aliphatic heterocycles. The number of nitrogens with zero attached hydrogens (tertiary/aromatic N) is 1. The summed E-state index contributed by atoms with van der Waals surface area (Å²) in [5.74, 6) is 0.330. The highest BCUT2D eigenvalue weighted by atomic mass is 35.5. The minimum absolute atomic E-state index is 0.00143. The van der Waals surface area contributed by atoms with Crippen molar-refractivity contribution in [2.75, 3.05) is 49.1 Å². The minimum atomic E-state index is -4.46. The van der Waals surface area contributed by atoms with Crippen LogP contribution >= 0.6 is 11.6 Å². The summed E-state index contributed by atoms with van der Waals surface area (Å²) in [6.07, 6.45) is -3.13. The maximum atomic E-state index is 12.7. The molecule has 12 heteroatoms. The molecule has 0 aromatic carbocycles. The summed E-state index contributed by atoms with van der Waals surface area (Å²) in [6.45, 7) is 2.52.